The molecular weight excluding hydrogens is 310 g/mol. The maximum absolute atomic E-state index is 12.4. The zero-order chi connectivity index (χ0) is 16.4. The van der Waals surface area contributed by atoms with Crippen molar-refractivity contribution in [2.75, 3.05) is 6.54 Å². The van der Waals surface area contributed by atoms with Gasteiger partial charge in [0.05, 0.1) is 0 Å². The first-order chi connectivity index (χ1) is 11.1. The lowest BCUT2D eigenvalue weighted by Gasteiger charge is -2.06. The summed E-state index contributed by atoms with van der Waals surface area (Å²) in [7, 11) is 0. The minimum Gasteiger partial charge on any atom is -0.351 e. The van der Waals surface area contributed by atoms with Crippen LogP contribution in [0.2, 0.25) is 0 Å². The predicted octanol–water partition coefficient (Wildman–Crippen LogP) is 2.35. The second kappa shape index (κ2) is 6.34. The molecule has 23 heavy (non-hydrogen) atoms. The molecule has 0 fully saturated rings. The number of thiazole rings is 1. The van der Waals surface area contributed by atoms with E-state index >= 15 is 0 Å². The van der Waals surface area contributed by atoms with Gasteiger partial charge in [0.1, 0.15) is 5.56 Å². The normalized spacial score (nSPS) is 10.9. The van der Waals surface area contributed by atoms with Gasteiger partial charge in [-0.1, -0.05) is 29.8 Å². The average molecular weight is 327 g/mol. The Labute approximate surface area is 137 Å². The summed E-state index contributed by atoms with van der Waals surface area (Å²) >= 11 is 1.39. The second-order valence-electron chi connectivity index (χ2n) is 5.47. The molecule has 0 radical (unpaired) electrons. The van der Waals surface area contributed by atoms with Crippen molar-refractivity contribution < 1.29 is 4.79 Å². The summed E-state index contributed by atoms with van der Waals surface area (Å²) in [5.74, 6) is -0.379. The molecule has 3 aromatic rings. The van der Waals surface area contributed by atoms with E-state index in [2.05, 4.69) is 16.4 Å². The Hall–Kier alpha value is -2.47. The smallest absolute Gasteiger partial charge is 0.271 e. The van der Waals surface area contributed by atoms with Crippen molar-refractivity contribution in [3.05, 3.63) is 68.6 Å². The number of amides is 1. The Balaban J connectivity index is 1.72. The number of hydrogen-bond donors (Lipinski definition) is 1. The van der Waals surface area contributed by atoms with Gasteiger partial charge in [-0.2, -0.15) is 0 Å². The van der Waals surface area contributed by atoms with Crippen LogP contribution >= 0.6 is 11.3 Å². The van der Waals surface area contributed by atoms with E-state index in [1.165, 1.54) is 27.5 Å². The van der Waals surface area contributed by atoms with Gasteiger partial charge < -0.3 is 5.32 Å². The highest BCUT2D eigenvalue weighted by Gasteiger charge is 2.14. The molecule has 0 aliphatic heterocycles. The third kappa shape index (κ3) is 3.17. The Morgan fingerprint density at radius 1 is 1.35 bits per heavy atom. The molecular formula is C17H17N3O2S. The van der Waals surface area contributed by atoms with Crippen LogP contribution in [-0.4, -0.2) is 21.8 Å². The second-order valence-corrected chi connectivity index (χ2v) is 6.30. The zero-order valence-corrected chi connectivity index (χ0v) is 13.8. The van der Waals surface area contributed by atoms with Crippen molar-refractivity contribution in [3.63, 3.8) is 0 Å². The number of rotatable bonds is 4. The maximum atomic E-state index is 12.4. The number of fused-ring (bicyclic) bond motifs is 1. The van der Waals surface area contributed by atoms with Crippen LogP contribution in [-0.2, 0) is 6.42 Å². The minimum absolute atomic E-state index is 0.0771. The molecule has 6 heteroatoms. The summed E-state index contributed by atoms with van der Waals surface area (Å²) in [6.45, 7) is 4.34. The minimum atomic E-state index is -0.379. The van der Waals surface area contributed by atoms with E-state index in [0.717, 1.165) is 17.7 Å². The summed E-state index contributed by atoms with van der Waals surface area (Å²) in [5, 5.41) is 4.65. The lowest BCUT2D eigenvalue weighted by molar-refractivity contribution is 0.0952. The largest absolute Gasteiger partial charge is 0.351 e. The average Bonchev–Trinajstić information content (AvgIpc) is 2.90. The van der Waals surface area contributed by atoms with Crippen LogP contribution in [0.5, 0.6) is 0 Å². The first-order valence-corrected chi connectivity index (χ1v) is 8.24. The van der Waals surface area contributed by atoms with Gasteiger partial charge in [-0.05, 0) is 25.8 Å². The summed E-state index contributed by atoms with van der Waals surface area (Å²) in [6.07, 6.45) is 2.08. The number of carbonyl (C=O) groups is 1. The van der Waals surface area contributed by atoms with Crippen LogP contribution in [0, 0.1) is 13.8 Å². The Bertz CT molecular complexity index is 927. The molecule has 0 spiro atoms. The zero-order valence-electron chi connectivity index (χ0n) is 13.0. The van der Waals surface area contributed by atoms with Gasteiger partial charge in [-0.3, -0.25) is 14.0 Å². The summed E-state index contributed by atoms with van der Waals surface area (Å²) in [4.78, 5) is 29.4. The van der Waals surface area contributed by atoms with Crippen LogP contribution in [0.25, 0.3) is 4.96 Å². The first-order valence-electron chi connectivity index (χ1n) is 7.36. The van der Waals surface area contributed by atoms with E-state index in [1.54, 1.807) is 0 Å². The van der Waals surface area contributed by atoms with Gasteiger partial charge in [0.15, 0.2) is 4.96 Å². The van der Waals surface area contributed by atoms with E-state index < -0.39 is 0 Å². The number of nitrogens with one attached hydrogen (secondary N) is 1. The number of aryl methyl sites for hydroxylation is 2. The third-order valence-electron chi connectivity index (χ3n) is 3.64. The Morgan fingerprint density at radius 3 is 2.96 bits per heavy atom. The van der Waals surface area contributed by atoms with E-state index in [1.807, 2.05) is 37.4 Å². The predicted molar refractivity (Wildman–Crippen MR) is 91.3 cm³/mol. The lowest BCUT2D eigenvalue weighted by atomic mass is 10.1. The Morgan fingerprint density at radius 2 is 2.17 bits per heavy atom. The number of aromatic nitrogens is 2. The molecule has 0 saturated heterocycles. The molecule has 5 nitrogen and oxygen atoms in total. The monoisotopic (exact) mass is 327 g/mol. The maximum Gasteiger partial charge on any atom is 0.271 e. The molecule has 0 saturated carbocycles. The molecule has 118 valence electrons. The van der Waals surface area contributed by atoms with Gasteiger partial charge in [0.25, 0.3) is 11.5 Å². The Kier molecular flexibility index (Phi) is 4.25. The van der Waals surface area contributed by atoms with Crippen LogP contribution < -0.4 is 10.9 Å². The molecule has 3 rings (SSSR count). The SMILES string of the molecule is Cc1cccc(CCNC(=O)c2cnc3scc(C)n3c2=O)c1. The van der Waals surface area contributed by atoms with Crippen LogP contribution in [0.1, 0.15) is 27.2 Å². The van der Waals surface area contributed by atoms with Crippen molar-refractivity contribution >= 4 is 22.2 Å². The van der Waals surface area contributed by atoms with Crippen molar-refractivity contribution in [3.8, 4) is 0 Å². The van der Waals surface area contributed by atoms with Crippen molar-refractivity contribution in [1.82, 2.24) is 14.7 Å². The molecule has 0 aliphatic carbocycles. The molecule has 2 aromatic heterocycles. The molecule has 1 N–H and O–H groups in total. The van der Waals surface area contributed by atoms with Gasteiger partial charge in [0, 0.05) is 23.8 Å². The summed E-state index contributed by atoms with van der Waals surface area (Å²) < 4.78 is 1.47. The van der Waals surface area contributed by atoms with Gasteiger partial charge >= 0.3 is 0 Å². The molecule has 2 heterocycles. The molecule has 0 bridgehead atoms. The van der Waals surface area contributed by atoms with E-state index in [-0.39, 0.29) is 17.0 Å². The molecule has 1 amide bonds. The van der Waals surface area contributed by atoms with Crippen LogP contribution in [0.15, 0.2) is 40.6 Å². The van der Waals surface area contributed by atoms with Crippen LogP contribution in [0.3, 0.4) is 0 Å². The fourth-order valence-electron chi connectivity index (χ4n) is 2.46. The highest BCUT2D eigenvalue weighted by molar-refractivity contribution is 7.15. The van der Waals surface area contributed by atoms with E-state index in [4.69, 9.17) is 0 Å². The first kappa shape index (κ1) is 15.4. The van der Waals surface area contributed by atoms with Crippen molar-refractivity contribution in [2.24, 2.45) is 0 Å². The van der Waals surface area contributed by atoms with Crippen molar-refractivity contribution in [2.45, 2.75) is 20.3 Å². The third-order valence-corrected chi connectivity index (χ3v) is 4.60. The van der Waals surface area contributed by atoms with E-state index in [9.17, 15) is 9.59 Å². The fourth-order valence-corrected chi connectivity index (χ4v) is 3.29. The van der Waals surface area contributed by atoms with E-state index in [0.29, 0.717) is 11.5 Å². The fraction of sp³-hybridized carbons (Fsp3) is 0.235. The highest BCUT2D eigenvalue weighted by Crippen LogP contribution is 2.11. The standard InChI is InChI=1S/C17H17N3O2S/c1-11-4-3-5-13(8-11)6-7-18-15(21)14-9-19-17-20(16(14)22)12(2)10-23-17/h3-5,8-10H,6-7H2,1-2H3,(H,18,21). The molecule has 0 unspecified atom stereocenters. The number of benzene rings is 1. The van der Waals surface area contributed by atoms with Gasteiger partial charge in [-0.25, -0.2) is 4.98 Å². The lowest BCUT2D eigenvalue weighted by Crippen LogP contribution is -2.32. The summed E-state index contributed by atoms with van der Waals surface area (Å²) in [6, 6.07) is 8.14. The van der Waals surface area contributed by atoms with Gasteiger partial charge in [0.2, 0.25) is 0 Å². The number of carbonyl (C=O) groups excluding carboxylic acids is 1. The molecule has 0 atom stereocenters. The topological polar surface area (TPSA) is 63.5 Å². The quantitative estimate of drug-likeness (QED) is 0.800. The highest BCUT2D eigenvalue weighted by atomic mass is 32.1. The van der Waals surface area contributed by atoms with Gasteiger partial charge in [-0.15, -0.1) is 11.3 Å². The van der Waals surface area contributed by atoms with Crippen LogP contribution in [0.4, 0.5) is 0 Å². The van der Waals surface area contributed by atoms with Crippen molar-refractivity contribution in [1.29, 1.82) is 0 Å². The number of hydrogen-bond acceptors (Lipinski definition) is 4. The number of nitrogens with zero attached hydrogens (tertiary/aromatic N) is 2. The summed E-state index contributed by atoms with van der Waals surface area (Å²) in [5.41, 5.74) is 2.89. The molecule has 1 aromatic carbocycles. The molecule has 0 aliphatic rings.